The molecule has 1 aromatic heterocycles. The number of hydrogen-bond donors (Lipinski definition) is 2. The van der Waals surface area contributed by atoms with Crippen molar-refractivity contribution in [3.05, 3.63) is 5.82 Å². The van der Waals surface area contributed by atoms with E-state index in [0.717, 1.165) is 19.3 Å². The molecule has 1 fully saturated rings. The molecule has 2 amide bonds. The zero-order chi connectivity index (χ0) is 13.7. The van der Waals surface area contributed by atoms with E-state index in [1.54, 1.807) is 11.8 Å². The van der Waals surface area contributed by atoms with Crippen molar-refractivity contribution < 1.29 is 9.59 Å². The number of H-pyrrole nitrogens is 1. The molecule has 0 aliphatic carbocycles. The lowest BCUT2D eigenvalue weighted by atomic mass is 10.2. The molecule has 0 saturated carbocycles. The Morgan fingerprint density at radius 2 is 2.32 bits per heavy atom. The Morgan fingerprint density at radius 3 is 3.05 bits per heavy atom. The molecule has 0 bridgehead atoms. The molecule has 0 aromatic carbocycles. The molecule has 0 radical (unpaired) electrons. The van der Waals surface area contributed by atoms with E-state index < -0.39 is 0 Å². The Labute approximate surface area is 110 Å². The van der Waals surface area contributed by atoms with Gasteiger partial charge in [-0.2, -0.15) is 5.21 Å². The highest BCUT2D eigenvalue weighted by molar-refractivity contribution is 5.85. The molecular formula is C11H18N6O2. The van der Waals surface area contributed by atoms with Crippen molar-refractivity contribution in [1.82, 2.24) is 30.8 Å². The van der Waals surface area contributed by atoms with E-state index in [4.69, 9.17) is 0 Å². The molecule has 8 heteroatoms. The van der Waals surface area contributed by atoms with Crippen LogP contribution in [0.25, 0.3) is 0 Å². The first-order chi connectivity index (χ1) is 9.16. The summed E-state index contributed by atoms with van der Waals surface area (Å²) in [7, 11) is 0. The van der Waals surface area contributed by atoms with Crippen molar-refractivity contribution in [2.45, 2.75) is 38.6 Å². The third-order valence-electron chi connectivity index (χ3n) is 3.13. The Bertz CT molecular complexity index is 432. The zero-order valence-electron chi connectivity index (χ0n) is 10.9. The summed E-state index contributed by atoms with van der Waals surface area (Å²) in [4.78, 5) is 25.3. The maximum absolute atomic E-state index is 11.9. The molecule has 1 unspecified atom stereocenters. The summed E-state index contributed by atoms with van der Waals surface area (Å²) in [6, 6.07) is -0.326. The van der Waals surface area contributed by atoms with Crippen LogP contribution in [0.15, 0.2) is 0 Å². The summed E-state index contributed by atoms with van der Waals surface area (Å²) < 4.78 is 0. The van der Waals surface area contributed by atoms with Crippen LogP contribution in [0.5, 0.6) is 0 Å². The molecule has 1 atom stereocenters. The Kier molecular flexibility index (Phi) is 4.43. The quantitative estimate of drug-likeness (QED) is 0.784. The molecule has 8 nitrogen and oxygen atoms in total. The van der Waals surface area contributed by atoms with Crippen LogP contribution in [0.1, 0.15) is 44.5 Å². The molecule has 2 heterocycles. The SMILES string of the molecule is CC(NC(=O)CN1CCCCCC1=O)c1nn[nH]n1. The normalized spacial score (nSPS) is 17.9. The number of amides is 2. The van der Waals surface area contributed by atoms with Gasteiger partial charge in [-0.15, -0.1) is 10.2 Å². The number of aromatic nitrogens is 4. The number of hydrogen-bond acceptors (Lipinski definition) is 5. The van der Waals surface area contributed by atoms with Crippen LogP contribution in [0.3, 0.4) is 0 Å². The summed E-state index contributed by atoms with van der Waals surface area (Å²) in [6.07, 6.45) is 3.45. The molecule has 2 N–H and O–H groups in total. The maximum atomic E-state index is 11.9. The third kappa shape index (κ3) is 3.73. The lowest BCUT2D eigenvalue weighted by Crippen LogP contribution is -2.41. The maximum Gasteiger partial charge on any atom is 0.240 e. The standard InChI is InChI=1S/C11H18N6O2/c1-8(11-13-15-16-14-11)12-9(18)7-17-6-4-2-3-5-10(17)19/h8H,2-7H2,1H3,(H,12,18)(H,13,14,15,16). The van der Waals surface area contributed by atoms with Crippen molar-refractivity contribution in [3.63, 3.8) is 0 Å². The topological polar surface area (TPSA) is 104 Å². The van der Waals surface area contributed by atoms with Gasteiger partial charge in [0.1, 0.15) is 0 Å². The number of likely N-dealkylation sites (tertiary alicyclic amines) is 1. The van der Waals surface area contributed by atoms with E-state index >= 15 is 0 Å². The van der Waals surface area contributed by atoms with Crippen LogP contribution in [-0.2, 0) is 9.59 Å². The van der Waals surface area contributed by atoms with Crippen LogP contribution in [0.4, 0.5) is 0 Å². The number of carbonyl (C=O) groups is 2. The van der Waals surface area contributed by atoms with Crippen LogP contribution < -0.4 is 5.32 Å². The van der Waals surface area contributed by atoms with Crippen molar-refractivity contribution in [2.24, 2.45) is 0 Å². The van der Waals surface area contributed by atoms with E-state index in [1.807, 2.05) is 0 Å². The van der Waals surface area contributed by atoms with Gasteiger partial charge in [-0.25, -0.2) is 0 Å². The molecule has 2 rings (SSSR count). The molecule has 0 spiro atoms. The van der Waals surface area contributed by atoms with Gasteiger partial charge >= 0.3 is 0 Å². The first-order valence-corrected chi connectivity index (χ1v) is 6.47. The second-order valence-electron chi connectivity index (χ2n) is 4.69. The third-order valence-corrected chi connectivity index (χ3v) is 3.13. The summed E-state index contributed by atoms with van der Waals surface area (Å²) in [5.74, 6) is 0.281. The van der Waals surface area contributed by atoms with E-state index in [9.17, 15) is 9.59 Å². The average Bonchev–Trinajstić information content (AvgIpc) is 2.83. The van der Waals surface area contributed by atoms with E-state index in [0.29, 0.717) is 18.8 Å². The smallest absolute Gasteiger partial charge is 0.240 e. The molecular weight excluding hydrogens is 248 g/mol. The highest BCUT2D eigenvalue weighted by Crippen LogP contribution is 2.11. The molecule has 19 heavy (non-hydrogen) atoms. The summed E-state index contributed by atoms with van der Waals surface area (Å²) >= 11 is 0. The minimum Gasteiger partial charge on any atom is -0.345 e. The fourth-order valence-electron chi connectivity index (χ4n) is 2.08. The number of tetrazole rings is 1. The predicted molar refractivity (Wildman–Crippen MR) is 65.8 cm³/mol. The van der Waals surface area contributed by atoms with E-state index in [-0.39, 0.29) is 24.4 Å². The predicted octanol–water partition coefficient (Wildman–Crippen LogP) is -0.221. The van der Waals surface area contributed by atoms with E-state index in [1.165, 1.54) is 0 Å². The fourth-order valence-corrected chi connectivity index (χ4v) is 2.08. The van der Waals surface area contributed by atoms with Crippen molar-refractivity contribution in [3.8, 4) is 0 Å². The van der Waals surface area contributed by atoms with Gasteiger partial charge in [0.25, 0.3) is 0 Å². The largest absolute Gasteiger partial charge is 0.345 e. The van der Waals surface area contributed by atoms with Gasteiger partial charge in [-0.05, 0) is 19.8 Å². The van der Waals surface area contributed by atoms with Gasteiger partial charge in [-0.3, -0.25) is 9.59 Å². The van der Waals surface area contributed by atoms with Crippen LogP contribution in [-0.4, -0.2) is 50.4 Å². The van der Waals surface area contributed by atoms with Gasteiger partial charge in [0.2, 0.25) is 11.8 Å². The number of rotatable bonds is 4. The van der Waals surface area contributed by atoms with Crippen molar-refractivity contribution >= 4 is 11.8 Å². The number of nitrogens with one attached hydrogen (secondary N) is 2. The number of aromatic amines is 1. The van der Waals surface area contributed by atoms with Crippen molar-refractivity contribution in [1.29, 1.82) is 0 Å². The Morgan fingerprint density at radius 1 is 1.47 bits per heavy atom. The Hall–Kier alpha value is -1.99. The molecule has 104 valence electrons. The lowest BCUT2D eigenvalue weighted by Gasteiger charge is -2.20. The van der Waals surface area contributed by atoms with Gasteiger partial charge in [0.05, 0.1) is 12.6 Å². The second kappa shape index (κ2) is 6.26. The highest BCUT2D eigenvalue weighted by Gasteiger charge is 2.21. The van der Waals surface area contributed by atoms with Gasteiger partial charge in [-0.1, -0.05) is 11.6 Å². The van der Waals surface area contributed by atoms with Crippen LogP contribution in [0, 0.1) is 0 Å². The monoisotopic (exact) mass is 266 g/mol. The number of nitrogens with zero attached hydrogens (tertiary/aromatic N) is 4. The molecule has 1 aliphatic heterocycles. The summed E-state index contributed by atoms with van der Waals surface area (Å²) in [5.41, 5.74) is 0. The van der Waals surface area contributed by atoms with Gasteiger partial charge in [0.15, 0.2) is 5.82 Å². The van der Waals surface area contributed by atoms with Gasteiger partial charge in [0, 0.05) is 13.0 Å². The Balaban J connectivity index is 1.84. The molecule has 1 aromatic rings. The number of carbonyl (C=O) groups excluding carboxylic acids is 2. The highest BCUT2D eigenvalue weighted by atomic mass is 16.2. The minimum absolute atomic E-state index is 0.0554. The van der Waals surface area contributed by atoms with Crippen LogP contribution >= 0.6 is 0 Å². The first-order valence-electron chi connectivity index (χ1n) is 6.47. The fraction of sp³-hybridized carbons (Fsp3) is 0.727. The van der Waals surface area contributed by atoms with Gasteiger partial charge < -0.3 is 10.2 Å². The first kappa shape index (κ1) is 13.4. The van der Waals surface area contributed by atoms with E-state index in [2.05, 4.69) is 25.9 Å². The lowest BCUT2D eigenvalue weighted by molar-refractivity contribution is -0.135. The second-order valence-corrected chi connectivity index (χ2v) is 4.69. The zero-order valence-corrected chi connectivity index (χ0v) is 10.9. The molecule has 1 aliphatic rings. The summed E-state index contributed by atoms with van der Waals surface area (Å²) in [6.45, 7) is 2.52. The van der Waals surface area contributed by atoms with Crippen LogP contribution in [0.2, 0.25) is 0 Å². The minimum atomic E-state index is -0.326. The average molecular weight is 266 g/mol. The summed E-state index contributed by atoms with van der Waals surface area (Å²) in [5, 5.41) is 16.1. The molecule has 1 saturated heterocycles. The van der Waals surface area contributed by atoms with Crippen molar-refractivity contribution in [2.75, 3.05) is 13.1 Å².